The first-order valence-corrected chi connectivity index (χ1v) is 4.77. The molecule has 2 heteroatoms. The number of carbonyl (C=O) groups is 1. The maximum atomic E-state index is 10.9. The van der Waals surface area contributed by atoms with Crippen molar-refractivity contribution in [3.8, 4) is 18.1 Å². The van der Waals surface area contributed by atoms with Gasteiger partial charge in [-0.1, -0.05) is 6.07 Å². The third-order valence-corrected chi connectivity index (χ3v) is 2.32. The number of hydrogen-bond acceptors (Lipinski definition) is 2. The van der Waals surface area contributed by atoms with E-state index in [1.165, 1.54) is 6.92 Å². The first-order valence-electron chi connectivity index (χ1n) is 4.77. The van der Waals surface area contributed by atoms with E-state index in [-0.39, 0.29) is 5.97 Å². The molecule has 1 aromatic carbocycles. The summed E-state index contributed by atoms with van der Waals surface area (Å²) < 4.78 is 5.08. The van der Waals surface area contributed by atoms with E-state index in [0.29, 0.717) is 12.2 Å². The molecule has 0 radical (unpaired) electrons. The van der Waals surface area contributed by atoms with Crippen LogP contribution < -0.4 is 4.74 Å². The van der Waals surface area contributed by atoms with Gasteiger partial charge in [0.15, 0.2) is 0 Å². The summed E-state index contributed by atoms with van der Waals surface area (Å²) in [6.45, 7) is 5.30. The third kappa shape index (κ3) is 2.60. The van der Waals surface area contributed by atoms with Gasteiger partial charge in [0.25, 0.3) is 0 Å². The molecule has 0 heterocycles. The lowest BCUT2D eigenvalue weighted by atomic mass is 9.99. The summed E-state index contributed by atoms with van der Waals surface area (Å²) in [5.74, 6) is 2.89. The quantitative estimate of drug-likeness (QED) is 0.418. The molecule has 0 saturated heterocycles. The fraction of sp³-hybridized carbons (Fsp3) is 0.308. The molecule has 78 valence electrons. The van der Waals surface area contributed by atoms with Crippen molar-refractivity contribution in [3.05, 3.63) is 28.8 Å². The molecular weight excluding hydrogens is 188 g/mol. The van der Waals surface area contributed by atoms with Gasteiger partial charge in [-0.25, -0.2) is 0 Å². The number of hydrogen-bond donors (Lipinski definition) is 0. The minimum atomic E-state index is -0.311. The lowest BCUT2D eigenvalue weighted by Gasteiger charge is -2.11. The Balaban J connectivity index is 3.17. The van der Waals surface area contributed by atoms with Crippen LogP contribution in [-0.2, 0) is 11.2 Å². The maximum Gasteiger partial charge on any atom is 0.308 e. The fourth-order valence-electron chi connectivity index (χ4n) is 1.51. The molecule has 0 saturated carbocycles. The second-order valence-corrected chi connectivity index (χ2v) is 3.46. The van der Waals surface area contributed by atoms with Gasteiger partial charge in [0.05, 0.1) is 0 Å². The summed E-state index contributed by atoms with van der Waals surface area (Å²) in [4.78, 5) is 10.9. The van der Waals surface area contributed by atoms with Gasteiger partial charge in [-0.3, -0.25) is 4.79 Å². The van der Waals surface area contributed by atoms with Gasteiger partial charge in [-0.15, -0.1) is 12.3 Å². The van der Waals surface area contributed by atoms with Crippen molar-refractivity contribution in [2.24, 2.45) is 0 Å². The van der Waals surface area contributed by atoms with Gasteiger partial charge in [0.2, 0.25) is 0 Å². The Morgan fingerprint density at radius 1 is 1.47 bits per heavy atom. The van der Waals surface area contributed by atoms with Gasteiger partial charge in [-0.2, -0.15) is 0 Å². The highest BCUT2D eigenvalue weighted by molar-refractivity contribution is 5.70. The van der Waals surface area contributed by atoms with E-state index in [0.717, 1.165) is 16.7 Å². The lowest BCUT2D eigenvalue weighted by molar-refractivity contribution is -0.131. The number of carbonyl (C=O) groups excluding carboxylic acids is 1. The fourth-order valence-corrected chi connectivity index (χ4v) is 1.51. The molecule has 0 bridgehead atoms. The van der Waals surface area contributed by atoms with Crippen LogP contribution in [0.2, 0.25) is 0 Å². The summed E-state index contributed by atoms with van der Waals surface area (Å²) in [7, 11) is 0. The molecule has 0 aliphatic rings. The topological polar surface area (TPSA) is 26.3 Å². The highest BCUT2D eigenvalue weighted by atomic mass is 16.5. The first kappa shape index (κ1) is 11.3. The van der Waals surface area contributed by atoms with E-state index in [4.69, 9.17) is 11.2 Å². The Morgan fingerprint density at radius 3 is 2.67 bits per heavy atom. The summed E-state index contributed by atoms with van der Waals surface area (Å²) >= 11 is 0. The molecule has 0 N–H and O–H groups in total. The van der Waals surface area contributed by atoms with E-state index >= 15 is 0 Å². The molecule has 15 heavy (non-hydrogen) atoms. The van der Waals surface area contributed by atoms with Gasteiger partial charge in [0.1, 0.15) is 5.75 Å². The molecule has 1 aromatic rings. The zero-order chi connectivity index (χ0) is 11.4. The summed E-state index contributed by atoms with van der Waals surface area (Å²) in [6.07, 6.45) is 5.85. The molecule has 1 rings (SSSR count). The number of terminal acetylenes is 1. The Morgan fingerprint density at radius 2 is 2.13 bits per heavy atom. The number of ether oxygens (including phenoxy) is 1. The summed E-state index contributed by atoms with van der Waals surface area (Å²) in [6, 6.07) is 3.71. The van der Waals surface area contributed by atoms with Crippen molar-refractivity contribution in [2.45, 2.75) is 27.2 Å². The van der Waals surface area contributed by atoms with E-state index in [9.17, 15) is 4.79 Å². The predicted octanol–water partition coefficient (Wildman–Crippen LogP) is 2.40. The number of benzene rings is 1. The average molecular weight is 202 g/mol. The van der Waals surface area contributed by atoms with Gasteiger partial charge >= 0.3 is 5.97 Å². The van der Waals surface area contributed by atoms with Crippen molar-refractivity contribution in [1.82, 2.24) is 0 Å². The highest BCUT2D eigenvalue weighted by Gasteiger charge is 2.08. The smallest absolute Gasteiger partial charge is 0.308 e. The standard InChI is InChI=1S/C13H14O2/c1-5-6-12-9(2)7-8-13(10(12)3)15-11(4)14/h1,7-8H,6H2,2-4H3. The minimum Gasteiger partial charge on any atom is -0.426 e. The molecule has 0 amide bonds. The molecule has 0 spiro atoms. The minimum absolute atomic E-state index is 0.311. The largest absolute Gasteiger partial charge is 0.426 e. The van der Waals surface area contributed by atoms with E-state index in [2.05, 4.69) is 5.92 Å². The SMILES string of the molecule is C#CCc1c(C)ccc(OC(C)=O)c1C. The van der Waals surface area contributed by atoms with Crippen molar-refractivity contribution in [2.75, 3.05) is 0 Å². The van der Waals surface area contributed by atoms with Crippen LogP contribution in [0.15, 0.2) is 12.1 Å². The van der Waals surface area contributed by atoms with Crippen LogP contribution in [0, 0.1) is 26.2 Å². The van der Waals surface area contributed by atoms with E-state index in [1.807, 2.05) is 19.9 Å². The molecule has 0 aromatic heterocycles. The van der Waals surface area contributed by atoms with E-state index in [1.54, 1.807) is 6.07 Å². The van der Waals surface area contributed by atoms with Crippen LogP contribution in [-0.4, -0.2) is 5.97 Å². The van der Waals surface area contributed by atoms with Crippen molar-refractivity contribution >= 4 is 5.97 Å². The summed E-state index contributed by atoms with van der Waals surface area (Å²) in [5, 5.41) is 0. The third-order valence-electron chi connectivity index (χ3n) is 2.32. The van der Waals surface area contributed by atoms with Crippen LogP contribution in [0.25, 0.3) is 0 Å². The molecule has 0 unspecified atom stereocenters. The Labute approximate surface area is 90.3 Å². The highest BCUT2D eigenvalue weighted by Crippen LogP contribution is 2.24. The molecular formula is C13H14O2. The van der Waals surface area contributed by atoms with Gasteiger partial charge < -0.3 is 4.74 Å². The van der Waals surface area contributed by atoms with Crippen LogP contribution in [0.3, 0.4) is 0 Å². The number of aryl methyl sites for hydroxylation is 1. The van der Waals surface area contributed by atoms with Gasteiger partial charge in [0, 0.05) is 13.3 Å². The number of rotatable bonds is 2. The molecule has 2 nitrogen and oxygen atoms in total. The number of esters is 1. The summed E-state index contributed by atoms with van der Waals surface area (Å²) in [5.41, 5.74) is 3.14. The molecule has 0 atom stereocenters. The Kier molecular flexibility index (Phi) is 3.51. The van der Waals surface area contributed by atoms with Crippen molar-refractivity contribution in [3.63, 3.8) is 0 Å². The second kappa shape index (κ2) is 4.65. The van der Waals surface area contributed by atoms with Crippen molar-refractivity contribution in [1.29, 1.82) is 0 Å². The van der Waals surface area contributed by atoms with Crippen LogP contribution in [0.5, 0.6) is 5.75 Å². The van der Waals surface area contributed by atoms with E-state index < -0.39 is 0 Å². The lowest BCUT2D eigenvalue weighted by Crippen LogP contribution is -2.05. The zero-order valence-electron chi connectivity index (χ0n) is 9.26. The second-order valence-electron chi connectivity index (χ2n) is 3.46. The monoisotopic (exact) mass is 202 g/mol. The zero-order valence-corrected chi connectivity index (χ0v) is 9.26. The van der Waals surface area contributed by atoms with Crippen LogP contribution >= 0.6 is 0 Å². The molecule has 0 aliphatic heterocycles. The normalized spacial score (nSPS) is 9.47. The molecule has 0 fully saturated rings. The van der Waals surface area contributed by atoms with Crippen LogP contribution in [0.4, 0.5) is 0 Å². The van der Waals surface area contributed by atoms with Crippen LogP contribution in [0.1, 0.15) is 23.6 Å². The molecule has 0 aliphatic carbocycles. The average Bonchev–Trinajstić information content (AvgIpc) is 2.16. The van der Waals surface area contributed by atoms with Gasteiger partial charge in [-0.05, 0) is 36.6 Å². The first-order chi connectivity index (χ1) is 7.06. The predicted molar refractivity (Wildman–Crippen MR) is 59.8 cm³/mol. The Hall–Kier alpha value is -1.75. The van der Waals surface area contributed by atoms with Crippen molar-refractivity contribution < 1.29 is 9.53 Å². The Bertz CT molecular complexity index is 425. The maximum absolute atomic E-state index is 10.9.